The first-order chi connectivity index (χ1) is 13.5. The lowest BCUT2D eigenvalue weighted by atomic mass is 10.1. The zero-order valence-electron chi connectivity index (χ0n) is 15.5. The van der Waals surface area contributed by atoms with Crippen LogP contribution >= 0.6 is 23.4 Å². The van der Waals surface area contributed by atoms with Crippen molar-refractivity contribution in [2.45, 2.75) is 6.54 Å². The highest BCUT2D eigenvalue weighted by atomic mass is 35.5. The average molecular weight is 420 g/mol. The molecule has 1 fully saturated rings. The molecule has 1 heterocycles. The molecule has 28 heavy (non-hydrogen) atoms. The number of benzene rings is 2. The topological polar surface area (TPSA) is 65.1 Å². The molecular formula is C20H18ClNO5S. The molecule has 0 N–H and O–H groups in total. The van der Waals surface area contributed by atoms with Crippen LogP contribution in [-0.2, 0) is 11.3 Å². The van der Waals surface area contributed by atoms with Crippen LogP contribution in [0.15, 0.2) is 41.3 Å². The molecule has 8 heteroatoms. The summed E-state index contributed by atoms with van der Waals surface area (Å²) in [5.74, 6) is 1.13. The summed E-state index contributed by atoms with van der Waals surface area (Å²) >= 11 is 6.76. The first-order valence-electron chi connectivity index (χ1n) is 8.26. The average Bonchev–Trinajstić information content (AvgIpc) is 2.97. The molecule has 2 amide bonds. The van der Waals surface area contributed by atoms with Gasteiger partial charge in [-0.05, 0) is 35.5 Å². The van der Waals surface area contributed by atoms with E-state index in [-0.39, 0.29) is 17.7 Å². The Hall–Kier alpha value is -2.64. The van der Waals surface area contributed by atoms with Gasteiger partial charge in [-0.25, -0.2) is 0 Å². The SMILES string of the molecule is COc1cc(OC)c(/C=C2/SC(=O)N(Cc3ccc(Cl)cc3)C2=O)c(OC)c1. The van der Waals surface area contributed by atoms with E-state index in [1.807, 2.05) is 0 Å². The minimum atomic E-state index is -0.370. The zero-order valence-corrected chi connectivity index (χ0v) is 17.1. The van der Waals surface area contributed by atoms with Crippen molar-refractivity contribution in [3.63, 3.8) is 0 Å². The number of methoxy groups -OCH3 is 3. The van der Waals surface area contributed by atoms with E-state index in [2.05, 4.69) is 0 Å². The van der Waals surface area contributed by atoms with Gasteiger partial charge >= 0.3 is 0 Å². The molecule has 0 aromatic heterocycles. The summed E-state index contributed by atoms with van der Waals surface area (Å²) in [5.41, 5.74) is 1.37. The van der Waals surface area contributed by atoms with Crippen molar-refractivity contribution in [1.82, 2.24) is 4.90 Å². The number of nitrogens with zero attached hydrogens (tertiary/aromatic N) is 1. The van der Waals surface area contributed by atoms with Crippen LogP contribution in [0.5, 0.6) is 17.2 Å². The molecule has 0 radical (unpaired) electrons. The first kappa shape index (κ1) is 20.1. The van der Waals surface area contributed by atoms with Crippen LogP contribution in [-0.4, -0.2) is 37.4 Å². The van der Waals surface area contributed by atoms with Crippen molar-refractivity contribution in [3.05, 3.63) is 57.5 Å². The monoisotopic (exact) mass is 419 g/mol. The molecule has 1 aliphatic rings. The van der Waals surface area contributed by atoms with Crippen LogP contribution in [0.4, 0.5) is 4.79 Å². The Morgan fingerprint density at radius 2 is 1.61 bits per heavy atom. The van der Waals surface area contributed by atoms with Gasteiger partial charge in [0.1, 0.15) is 17.2 Å². The highest BCUT2D eigenvalue weighted by Crippen LogP contribution is 2.40. The second-order valence-electron chi connectivity index (χ2n) is 5.84. The number of carbonyl (C=O) groups is 2. The number of rotatable bonds is 6. The molecule has 0 unspecified atom stereocenters. The van der Waals surface area contributed by atoms with E-state index >= 15 is 0 Å². The lowest BCUT2D eigenvalue weighted by molar-refractivity contribution is -0.123. The van der Waals surface area contributed by atoms with E-state index < -0.39 is 0 Å². The first-order valence-corrected chi connectivity index (χ1v) is 9.46. The zero-order chi connectivity index (χ0) is 20.3. The predicted octanol–water partition coefficient (Wildman–Crippen LogP) is 4.60. The summed E-state index contributed by atoms with van der Waals surface area (Å²) in [4.78, 5) is 26.7. The Labute approximate surface area is 172 Å². The summed E-state index contributed by atoms with van der Waals surface area (Å²) in [7, 11) is 4.56. The van der Waals surface area contributed by atoms with Crippen molar-refractivity contribution in [1.29, 1.82) is 0 Å². The number of hydrogen-bond donors (Lipinski definition) is 0. The van der Waals surface area contributed by atoms with Gasteiger partial charge in [-0.15, -0.1) is 0 Å². The van der Waals surface area contributed by atoms with Crippen LogP contribution in [0.2, 0.25) is 5.02 Å². The second-order valence-corrected chi connectivity index (χ2v) is 7.27. The van der Waals surface area contributed by atoms with Gasteiger partial charge in [0.25, 0.3) is 11.1 Å². The second kappa shape index (κ2) is 8.58. The Bertz CT molecular complexity index is 917. The van der Waals surface area contributed by atoms with Crippen molar-refractivity contribution >= 4 is 40.6 Å². The highest BCUT2D eigenvalue weighted by molar-refractivity contribution is 8.18. The molecule has 1 saturated heterocycles. The number of carbonyl (C=O) groups excluding carboxylic acids is 2. The third-order valence-electron chi connectivity index (χ3n) is 4.16. The van der Waals surface area contributed by atoms with Gasteiger partial charge in [-0.3, -0.25) is 14.5 Å². The Balaban J connectivity index is 1.92. The van der Waals surface area contributed by atoms with Crippen LogP contribution < -0.4 is 14.2 Å². The minimum Gasteiger partial charge on any atom is -0.496 e. The van der Waals surface area contributed by atoms with E-state index in [0.717, 1.165) is 17.3 Å². The van der Waals surface area contributed by atoms with Crippen LogP contribution in [0, 0.1) is 0 Å². The standard InChI is InChI=1S/C20H18ClNO5S/c1-25-14-8-16(26-2)15(17(9-14)27-3)10-18-19(23)22(20(24)28-18)11-12-4-6-13(21)7-5-12/h4-10H,11H2,1-3H3/b18-10+. The van der Waals surface area contributed by atoms with Crippen LogP contribution in [0.3, 0.4) is 0 Å². The molecular weight excluding hydrogens is 402 g/mol. The van der Waals surface area contributed by atoms with Crippen molar-refractivity contribution in [2.75, 3.05) is 21.3 Å². The third-order valence-corrected chi connectivity index (χ3v) is 5.32. The molecule has 2 aromatic rings. The summed E-state index contributed by atoms with van der Waals surface area (Å²) < 4.78 is 16.0. The summed E-state index contributed by atoms with van der Waals surface area (Å²) in [6, 6.07) is 10.4. The Morgan fingerprint density at radius 1 is 1.00 bits per heavy atom. The molecule has 0 saturated carbocycles. The van der Waals surface area contributed by atoms with Crippen LogP contribution in [0.25, 0.3) is 6.08 Å². The summed E-state index contributed by atoms with van der Waals surface area (Å²) in [5, 5.41) is 0.258. The molecule has 146 valence electrons. The van der Waals surface area contributed by atoms with E-state index in [9.17, 15) is 9.59 Å². The van der Waals surface area contributed by atoms with Gasteiger partial charge in [0.2, 0.25) is 0 Å². The van der Waals surface area contributed by atoms with Gasteiger partial charge in [0.05, 0.1) is 38.3 Å². The maximum absolute atomic E-state index is 12.8. The fraction of sp³-hybridized carbons (Fsp3) is 0.200. The van der Waals surface area contributed by atoms with Gasteiger partial charge in [-0.1, -0.05) is 23.7 Å². The fourth-order valence-electron chi connectivity index (χ4n) is 2.71. The van der Waals surface area contributed by atoms with Crippen molar-refractivity contribution in [3.8, 4) is 17.2 Å². The quantitative estimate of drug-likeness (QED) is 0.637. The minimum absolute atomic E-state index is 0.177. The van der Waals surface area contributed by atoms with Gasteiger partial charge in [0.15, 0.2) is 0 Å². The lowest BCUT2D eigenvalue weighted by Gasteiger charge is -2.13. The normalized spacial score (nSPS) is 15.3. The smallest absolute Gasteiger partial charge is 0.293 e. The maximum atomic E-state index is 12.8. The lowest BCUT2D eigenvalue weighted by Crippen LogP contribution is -2.27. The molecule has 6 nitrogen and oxygen atoms in total. The number of thioether (sulfide) groups is 1. The molecule has 0 spiro atoms. The van der Waals surface area contributed by atoms with E-state index in [1.54, 1.807) is 42.5 Å². The van der Waals surface area contributed by atoms with Gasteiger partial charge in [0, 0.05) is 17.2 Å². The van der Waals surface area contributed by atoms with Gasteiger partial charge < -0.3 is 14.2 Å². The number of halogens is 1. The Morgan fingerprint density at radius 3 is 2.14 bits per heavy atom. The number of amides is 2. The van der Waals surface area contributed by atoms with E-state index in [0.29, 0.717) is 32.7 Å². The molecule has 3 rings (SSSR count). The Kier molecular flexibility index (Phi) is 6.16. The van der Waals surface area contributed by atoms with Crippen molar-refractivity contribution < 1.29 is 23.8 Å². The predicted molar refractivity (Wildman–Crippen MR) is 109 cm³/mol. The van der Waals surface area contributed by atoms with E-state index in [1.165, 1.54) is 26.2 Å². The van der Waals surface area contributed by atoms with E-state index in [4.69, 9.17) is 25.8 Å². The van der Waals surface area contributed by atoms with Gasteiger partial charge in [-0.2, -0.15) is 0 Å². The maximum Gasteiger partial charge on any atom is 0.293 e. The number of ether oxygens (including phenoxy) is 3. The number of imide groups is 1. The van der Waals surface area contributed by atoms with Crippen molar-refractivity contribution in [2.24, 2.45) is 0 Å². The number of hydrogen-bond acceptors (Lipinski definition) is 6. The molecule has 2 aromatic carbocycles. The summed E-state index contributed by atoms with van der Waals surface area (Å²) in [6.45, 7) is 0.177. The van der Waals surface area contributed by atoms with Crippen LogP contribution in [0.1, 0.15) is 11.1 Å². The molecule has 1 aliphatic heterocycles. The fourth-order valence-corrected chi connectivity index (χ4v) is 3.66. The highest BCUT2D eigenvalue weighted by Gasteiger charge is 2.35. The largest absolute Gasteiger partial charge is 0.496 e. The molecule has 0 atom stereocenters. The molecule has 0 bridgehead atoms. The molecule has 0 aliphatic carbocycles. The third kappa shape index (κ3) is 4.10. The summed E-state index contributed by atoms with van der Waals surface area (Å²) in [6.07, 6.45) is 1.60.